The summed E-state index contributed by atoms with van der Waals surface area (Å²) >= 11 is 0. The molecule has 0 N–H and O–H groups in total. The maximum atomic E-state index is 12.5. The van der Waals surface area contributed by atoms with E-state index in [-0.39, 0.29) is 0 Å². The van der Waals surface area contributed by atoms with Crippen LogP contribution in [0.25, 0.3) is 0 Å². The minimum Gasteiger partial charge on any atom is -0.497 e. The lowest BCUT2D eigenvalue weighted by Crippen LogP contribution is -2.13. The number of pyridine rings is 2. The van der Waals surface area contributed by atoms with Crippen molar-refractivity contribution in [1.29, 1.82) is 0 Å². The van der Waals surface area contributed by atoms with Crippen molar-refractivity contribution in [3.63, 3.8) is 0 Å². The fraction of sp³-hybridized carbons (Fsp3) is 0.105. The standard InChI is InChI=1S/C19H16N2O3/c1-23-17-4-2-3-16(13-17)18(14-5-9-20-10-6-14)24-19(22)15-7-11-21-12-8-15/h2-13,18H,1H3/t18-/m1/s1. The topological polar surface area (TPSA) is 61.3 Å². The summed E-state index contributed by atoms with van der Waals surface area (Å²) in [4.78, 5) is 20.4. The molecule has 2 heterocycles. The van der Waals surface area contributed by atoms with E-state index in [2.05, 4.69) is 9.97 Å². The first kappa shape index (κ1) is 15.7. The number of esters is 1. The number of hydrogen-bond acceptors (Lipinski definition) is 5. The molecule has 3 aromatic rings. The molecular weight excluding hydrogens is 304 g/mol. The van der Waals surface area contributed by atoms with Gasteiger partial charge in [0.25, 0.3) is 0 Å². The van der Waals surface area contributed by atoms with E-state index >= 15 is 0 Å². The molecule has 0 saturated heterocycles. The summed E-state index contributed by atoms with van der Waals surface area (Å²) in [7, 11) is 1.60. The van der Waals surface area contributed by atoms with Gasteiger partial charge in [0.05, 0.1) is 12.7 Å². The van der Waals surface area contributed by atoms with Gasteiger partial charge in [-0.3, -0.25) is 9.97 Å². The number of aromatic nitrogens is 2. The first-order valence-electron chi connectivity index (χ1n) is 7.43. The molecule has 3 rings (SSSR count). The number of carbonyl (C=O) groups is 1. The van der Waals surface area contributed by atoms with E-state index in [0.717, 1.165) is 11.1 Å². The predicted octanol–water partition coefficient (Wildman–Crippen LogP) is 3.43. The smallest absolute Gasteiger partial charge is 0.339 e. The quantitative estimate of drug-likeness (QED) is 0.674. The van der Waals surface area contributed by atoms with E-state index < -0.39 is 12.1 Å². The Kier molecular flexibility index (Phi) is 4.81. The molecule has 5 nitrogen and oxygen atoms in total. The zero-order valence-corrected chi connectivity index (χ0v) is 13.1. The van der Waals surface area contributed by atoms with Crippen molar-refractivity contribution in [2.45, 2.75) is 6.10 Å². The zero-order valence-electron chi connectivity index (χ0n) is 13.1. The average molecular weight is 320 g/mol. The Hall–Kier alpha value is -3.21. The Labute approximate surface area is 139 Å². The number of nitrogens with zero attached hydrogens (tertiary/aromatic N) is 2. The summed E-state index contributed by atoms with van der Waals surface area (Å²) in [5.41, 5.74) is 2.11. The number of hydrogen-bond donors (Lipinski definition) is 0. The van der Waals surface area contributed by atoms with Gasteiger partial charge in [0, 0.05) is 35.9 Å². The minimum atomic E-state index is -0.552. The van der Waals surface area contributed by atoms with E-state index in [1.807, 2.05) is 36.4 Å². The molecule has 0 aliphatic carbocycles. The first-order chi connectivity index (χ1) is 11.8. The summed E-state index contributed by atoms with van der Waals surface area (Å²) in [6.07, 6.45) is 5.90. The number of ether oxygens (including phenoxy) is 2. The lowest BCUT2D eigenvalue weighted by Gasteiger charge is -2.19. The first-order valence-corrected chi connectivity index (χ1v) is 7.43. The Morgan fingerprint density at radius 1 is 0.917 bits per heavy atom. The molecule has 0 aliphatic heterocycles. The molecule has 1 aromatic carbocycles. The molecule has 5 heteroatoms. The number of benzene rings is 1. The second-order valence-electron chi connectivity index (χ2n) is 5.08. The Morgan fingerprint density at radius 3 is 2.25 bits per heavy atom. The summed E-state index contributed by atoms with van der Waals surface area (Å²) in [6.45, 7) is 0. The SMILES string of the molecule is COc1cccc([C@H](OC(=O)c2ccncc2)c2ccncc2)c1. The number of rotatable bonds is 5. The fourth-order valence-electron chi connectivity index (χ4n) is 2.33. The van der Waals surface area contributed by atoms with Crippen LogP contribution in [0.1, 0.15) is 27.6 Å². The van der Waals surface area contributed by atoms with Crippen molar-refractivity contribution in [2.24, 2.45) is 0 Å². The second-order valence-corrected chi connectivity index (χ2v) is 5.08. The van der Waals surface area contributed by atoms with Crippen molar-refractivity contribution >= 4 is 5.97 Å². The van der Waals surface area contributed by atoms with Gasteiger partial charge >= 0.3 is 5.97 Å². The summed E-state index contributed by atoms with van der Waals surface area (Å²) < 4.78 is 11.0. The molecule has 0 aliphatic rings. The van der Waals surface area contributed by atoms with Crippen molar-refractivity contribution in [2.75, 3.05) is 7.11 Å². The fourth-order valence-corrected chi connectivity index (χ4v) is 2.33. The average Bonchev–Trinajstić information content (AvgIpc) is 2.67. The third-order valence-electron chi connectivity index (χ3n) is 3.55. The highest BCUT2D eigenvalue weighted by Crippen LogP contribution is 2.29. The predicted molar refractivity (Wildman–Crippen MR) is 88.7 cm³/mol. The van der Waals surface area contributed by atoms with Crippen LogP contribution in [0.15, 0.2) is 73.3 Å². The van der Waals surface area contributed by atoms with Gasteiger partial charge in [0.2, 0.25) is 0 Å². The van der Waals surface area contributed by atoms with Crippen LogP contribution in [0.2, 0.25) is 0 Å². The molecule has 2 aromatic heterocycles. The van der Waals surface area contributed by atoms with Crippen molar-refractivity contribution in [3.05, 3.63) is 90.0 Å². The highest BCUT2D eigenvalue weighted by Gasteiger charge is 2.20. The van der Waals surface area contributed by atoms with Gasteiger partial charge in [0.1, 0.15) is 5.75 Å². The molecule has 0 bridgehead atoms. The highest BCUT2D eigenvalue weighted by molar-refractivity contribution is 5.89. The molecule has 0 spiro atoms. The van der Waals surface area contributed by atoms with Gasteiger partial charge < -0.3 is 9.47 Å². The van der Waals surface area contributed by atoms with E-state index in [9.17, 15) is 4.79 Å². The van der Waals surface area contributed by atoms with E-state index in [4.69, 9.17) is 9.47 Å². The normalized spacial score (nSPS) is 11.5. The third kappa shape index (κ3) is 3.57. The van der Waals surface area contributed by atoms with Crippen LogP contribution < -0.4 is 4.74 Å². The molecule has 0 radical (unpaired) electrons. The largest absolute Gasteiger partial charge is 0.497 e. The molecule has 24 heavy (non-hydrogen) atoms. The Morgan fingerprint density at radius 2 is 1.58 bits per heavy atom. The van der Waals surface area contributed by atoms with E-state index in [0.29, 0.717) is 11.3 Å². The van der Waals surface area contributed by atoms with Crippen LogP contribution in [0.4, 0.5) is 0 Å². The molecule has 120 valence electrons. The summed E-state index contributed by atoms with van der Waals surface area (Å²) in [6, 6.07) is 14.3. The summed E-state index contributed by atoms with van der Waals surface area (Å²) in [5, 5.41) is 0. The second kappa shape index (κ2) is 7.37. The minimum absolute atomic E-state index is 0.415. The van der Waals surface area contributed by atoms with Crippen LogP contribution in [0.5, 0.6) is 5.75 Å². The van der Waals surface area contributed by atoms with Crippen LogP contribution in [0.3, 0.4) is 0 Å². The Bertz CT molecular complexity index is 807. The third-order valence-corrected chi connectivity index (χ3v) is 3.55. The van der Waals surface area contributed by atoms with Crippen molar-refractivity contribution < 1.29 is 14.3 Å². The molecule has 1 atom stereocenters. The van der Waals surface area contributed by atoms with Gasteiger partial charge in [-0.05, 0) is 36.4 Å². The molecular formula is C19H16N2O3. The lowest BCUT2D eigenvalue weighted by molar-refractivity contribution is 0.0377. The lowest BCUT2D eigenvalue weighted by atomic mass is 10.0. The van der Waals surface area contributed by atoms with Gasteiger partial charge in [-0.1, -0.05) is 12.1 Å². The maximum Gasteiger partial charge on any atom is 0.339 e. The highest BCUT2D eigenvalue weighted by atomic mass is 16.5. The molecule has 0 fully saturated rings. The monoisotopic (exact) mass is 320 g/mol. The van der Waals surface area contributed by atoms with Gasteiger partial charge in [-0.25, -0.2) is 4.79 Å². The van der Waals surface area contributed by atoms with Crippen LogP contribution >= 0.6 is 0 Å². The van der Waals surface area contributed by atoms with Gasteiger partial charge in [-0.15, -0.1) is 0 Å². The van der Waals surface area contributed by atoms with E-state index in [1.54, 1.807) is 44.0 Å². The van der Waals surface area contributed by atoms with Gasteiger partial charge in [0.15, 0.2) is 6.10 Å². The van der Waals surface area contributed by atoms with Crippen LogP contribution in [0, 0.1) is 0 Å². The number of methoxy groups -OCH3 is 1. The van der Waals surface area contributed by atoms with Gasteiger partial charge in [-0.2, -0.15) is 0 Å². The van der Waals surface area contributed by atoms with Crippen LogP contribution in [-0.4, -0.2) is 23.0 Å². The van der Waals surface area contributed by atoms with Crippen LogP contribution in [-0.2, 0) is 4.74 Å². The van der Waals surface area contributed by atoms with E-state index in [1.165, 1.54) is 0 Å². The Balaban J connectivity index is 1.95. The molecule has 0 unspecified atom stereocenters. The maximum absolute atomic E-state index is 12.5. The zero-order chi connectivity index (χ0) is 16.8. The van der Waals surface area contributed by atoms with Crippen molar-refractivity contribution in [3.8, 4) is 5.75 Å². The number of carbonyl (C=O) groups excluding carboxylic acids is 1. The molecule has 0 saturated carbocycles. The molecule has 0 amide bonds. The summed E-state index contributed by atoms with van der Waals surface area (Å²) in [5.74, 6) is 0.286. The van der Waals surface area contributed by atoms with Crippen molar-refractivity contribution in [1.82, 2.24) is 9.97 Å².